The fourth-order valence-corrected chi connectivity index (χ4v) is 3.04. The second kappa shape index (κ2) is 7.23. The molecule has 0 atom stereocenters. The Morgan fingerprint density at radius 2 is 2.05 bits per heavy atom. The molecule has 0 spiro atoms. The first-order valence-electron chi connectivity index (χ1n) is 8.11. The molecule has 1 heterocycles. The van der Waals surface area contributed by atoms with Gasteiger partial charge in [0.1, 0.15) is 5.82 Å². The van der Waals surface area contributed by atoms with Gasteiger partial charge in [-0.1, -0.05) is 6.92 Å². The summed E-state index contributed by atoms with van der Waals surface area (Å²) in [6, 6.07) is 4.32. The SMILES string of the molecule is CCCNCc1ccnc(N(C)CC2(N(C)C)CCC2)c1. The maximum absolute atomic E-state index is 4.55. The smallest absolute Gasteiger partial charge is 0.128 e. The summed E-state index contributed by atoms with van der Waals surface area (Å²) in [5.41, 5.74) is 1.65. The summed E-state index contributed by atoms with van der Waals surface area (Å²) in [6.07, 6.45) is 7.03. The van der Waals surface area contributed by atoms with E-state index < -0.39 is 0 Å². The molecule has 1 fully saturated rings. The Bertz CT molecular complexity index is 440. The predicted molar refractivity (Wildman–Crippen MR) is 89.8 cm³/mol. The first kappa shape index (κ1) is 16.2. The van der Waals surface area contributed by atoms with Crippen molar-refractivity contribution in [1.29, 1.82) is 0 Å². The summed E-state index contributed by atoms with van der Waals surface area (Å²) in [4.78, 5) is 9.25. The van der Waals surface area contributed by atoms with Gasteiger partial charge < -0.3 is 15.1 Å². The van der Waals surface area contributed by atoms with Gasteiger partial charge in [-0.3, -0.25) is 0 Å². The Morgan fingerprint density at radius 1 is 1.29 bits per heavy atom. The van der Waals surface area contributed by atoms with E-state index in [2.05, 4.69) is 60.3 Å². The molecule has 21 heavy (non-hydrogen) atoms. The molecule has 0 aromatic carbocycles. The van der Waals surface area contributed by atoms with Crippen molar-refractivity contribution in [2.45, 2.75) is 44.7 Å². The number of hydrogen-bond donors (Lipinski definition) is 1. The molecule has 0 bridgehead atoms. The van der Waals surface area contributed by atoms with Gasteiger partial charge in [0.05, 0.1) is 0 Å². The number of likely N-dealkylation sites (N-methyl/N-ethyl adjacent to an activating group) is 2. The normalized spacial score (nSPS) is 16.8. The van der Waals surface area contributed by atoms with Crippen LogP contribution in [0.15, 0.2) is 18.3 Å². The Kier molecular flexibility index (Phi) is 5.59. The molecule has 4 heteroatoms. The minimum absolute atomic E-state index is 0.340. The van der Waals surface area contributed by atoms with Crippen LogP contribution in [0.5, 0.6) is 0 Å². The van der Waals surface area contributed by atoms with Crippen LogP contribution in [0.4, 0.5) is 5.82 Å². The molecule has 0 radical (unpaired) electrons. The third-order valence-corrected chi connectivity index (χ3v) is 4.72. The van der Waals surface area contributed by atoms with Crippen LogP contribution in [0.3, 0.4) is 0 Å². The van der Waals surface area contributed by atoms with E-state index in [9.17, 15) is 0 Å². The lowest BCUT2D eigenvalue weighted by atomic mass is 9.75. The quantitative estimate of drug-likeness (QED) is 0.746. The van der Waals surface area contributed by atoms with Crippen LogP contribution in [0.2, 0.25) is 0 Å². The van der Waals surface area contributed by atoms with Crippen molar-refractivity contribution in [3.63, 3.8) is 0 Å². The zero-order chi connectivity index (χ0) is 15.3. The fourth-order valence-electron chi connectivity index (χ4n) is 3.04. The summed E-state index contributed by atoms with van der Waals surface area (Å²) in [6.45, 7) is 5.24. The van der Waals surface area contributed by atoms with Crippen LogP contribution in [-0.2, 0) is 6.54 Å². The third kappa shape index (κ3) is 3.95. The minimum atomic E-state index is 0.340. The van der Waals surface area contributed by atoms with E-state index >= 15 is 0 Å². The number of pyridine rings is 1. The van der Waals surface area contributed by atoms with Gasteiger partial charge in [-0.05, 0) is 64.0 Å². The maximum Gasteiger partial charge on any atom is 0.128 e. The second-order valence-corrected chi connectivity index (χ2v) is 6.53. The zero-order valence-corrected chi connectivity index (χ0v) is 14.0. The fraction of sp³-hybridized carbons (Fsp3) is 0.706. The van der Waals surface area contributed by atoms with Gasteiger partial charge >= 0.3 is 0 Å². The molecule has 1 aliphatic carbocycles. The van der Waals surface area contributed by atoms with Crippen molar-refractivity contribution in [1.82, 2.24) is 15.2 Å². The van der Waals surface area contributed by atoms with Gasteiger partial charge in [0, 0.05) is 31.9 Å². The molecule has 118 valence electrons. The van der Waals surface area contributed by atoms with Gasteiger partial charge in [-0.25, -0.2) is 4.98 Å². The van der Waals surface area contributed by atoms with Crippen LogP contribution in [-0.4, -0.2) is 49.7 Å². The molecule has 1 aliphatic rings. The molecular formula is C17H30N4. The highest BCUT2D eigenvalue weighted by molar-refractivity contribution is 5.41. The van der Waals surface area contributed by atoms with Crippen molar-refractivity contribution >= 4 is 5.82 Å². The van der Waals surface area contributed by atoms with Gasteiger partial charge in [0.2, 0.25) is 0 Å². The molecule has 4 nitrogen and oxygen atoms in total. The number of rotatable bonds is 8. The van der Waals surface area contributed by atoms with Crippen molar-refractivity contribution in [2.24, 2.45) is 0 Å². The predicted octanol–water partition coefficient (Wildman–Crippen LogP) is 2.50. The van der Waals surface area contributed by atoms with E-state index in [0.717, 1.165) is 25.5 Å². The van der Waals surface area contributed by atoms with E-state index in [1.165, 1.54) is 31.2 Å². The maximum atomic E-state index is 4.55. The number of nitrogens with zero attached hydrogens (tertiary/aromatic N) is 3. The Labute approximate surface area is 129 Å². The van der Waals surface area contributed by atoms with E-state index in [1.54, 1.807) is 0 Å². The summed E-state index contributed by atoms with van der Waals surface area (Å²) < 4.78 is 0. The van der Waals surface area contributed by atoms with Gasteiger partial charge in [-0.15, -0.1) is 0 Å². The molecule has 0 amide bonds. The largest absolute Gasteiger partial charge is 0.358 e. The lowest BCUT2D eigenvalue weighted by molar-refractivity contribution is 0.0682. The molecule has 0 unspecified atom stereocenters. The number of anilines is 1. The van der Waals surface area contributed by atoms with Gasteiger partial charge in [0.25, 0.3) is 0 Å². The van der Waals surface area contributed by atoms with Crippen LogP contribution in [0.25, 0.3) is 0 Å². The van der Waals surface area contributed by atoms with Crippen LogP contribution >= 0.6 is 0 Å². The molecule has 1 N–H and O–H groups in total. The Morgan fingerprint density at radius 3 is 2.62 bits per heavy atom. The first-order chi connectivity index (χ1) is 10.1. The molecule has 1 aromatic rings. The van der Waals surface area contributed by atoms with E-state index in [-0.39, 0.29) is 0 Å². The summed E-state index contributed by atoms with van der Waals surface area (Å²) in [7, 11) is 6.56. The van der Waals surface area contributed by atoms with E-state index in [0.29, 0.717) is 5.54 Å². The van der Waals surface area contributed by atoms with Crippen molar-refractivity contribution in [3.8, 4) is 0 Å². The lowest BCUT2D eigenvalue weighted by Gasteiger charge is -2.49. The van der Waals surface area contributed by atoms with Crippen LogP contribution < -0.4 is 10.2 Å². The number of nitrogens with one attached hydrogen (secondary N) is 1. The van der Waals surface area contributed by atoms with Crippen LogP contribution in [0.1, 0.15) is 38.2 Å². The highest BCUT2D eigenvalue weighted by Gasteiger charge is 2.40. The average molecular weight is 290 g/mol. The monoisotopic (exact) mass is 290 g/mol. The highest BCUT2D eigenvalue weighted by Crippen LogP contribution is 2.37. The van der Waals surface area contributed by atoms with Crippen molar-refractivity contribution < 1.29 is 0 Å². The Hall–Kier alpha value is -1.13. The third-order valence-electron chi connectivity index (χ3n) is 4.72. The lowest BCUT2D eigenvalue weighted by Crippen LogP contribution is -2.56. The van der Waals surface area contributed by atoms with Gasteiger partial charge in [-0.2, -0.15) is 0 Å². The standard InChI is InChI=1S/C17H30N4/c1-5-10-18-13-15-7-11-19-16(12-15)21(4)14-17(20(2)3)8-6-9-17/h7,11-12,18H,5-6,8-10,13-14H2,1-4H3. The second-order valence-electron chi connectivity index (χ2n) is 6.53. The topological polar surface area (TPSA) is 31.4 Å². The molecule has 1 saturated carbocycles. The molecule has 2 rings (SSSR count). The van der Waals surface area contributed by atoms with E-state index in [1.807, 2.05) is 6.20 Å². The first-order valence-corrected chi connectivity index (χ1v) is 8.11. The molecular weight excluding hydrogens is 260 g/mol. The van der Waals surface area contributed by atoms with Gasteiger partial charge in [0.15, 0.2) is 0 Å². The van der Waals surface area contributed by atoms with E-state index in [4.69, 9.17) is 0 Å². The summed E-state index contributed by atoms with van der Waals surface area (Å²) in [5, 5.41) is 3.45. The zero-order valence-electron chi connectivity index (χ0n) is 14.0. The Balaban J connectivity index is 1.98. The minimum Gasteiger partial charge on any atom is -0.358 e. The number of hydrogen-bond acceptors (Lipinski definition) is 4. The number of aromatic nitrogens is 1. The average Bonchev–Trinajstić information content (AvgIpc) is 2.43. The molecule has 0 aliphatic heterocycles. The van der Waals surface area contributed by atoms with Crippen molar-refractivity contribution in [3.05, 3.63) is 23.9 Å². The summed E-state index contributed by atoms with van der Waals surface area (Å²) >= 11 is 0. The molecule has 0 saturated heterocycles. The molecule has 1 aromatic heterocycles. The highest BCUT2D eigenvalue weighted by atomic mass is 15.2. The summed E-state index contributed by atoms with van der Waals surface area (Å²) in [5.74, 6) is 1.08. The van der Waals surface area contributed by atoms with Crippen LogP contribution in [0, 0.1) is 0 Å². The van der Waals surface area contributed by atoms with Crippen molar-refractivity contribution in [2.75, 3.05) is 39.1 Å².